The van der Waals surface area contributed by atoms with E-state index in [1.165, 1.54) is 16.4 Å². The molecule has 1 atom stereocenters. The molecule has 1 aromatic rings. The van der Waals surface area contributed by atoms with Gasteiger partial charge in [-0.25, -0.2) is 12.7 Å². The van der Waals surface area contributed by atoms with Crippen LogP contribution in [0.2, 0.25) is 0 Å². The number of piperidine rings is 1. The molecule has 1 aromatic carbocycles. The fourth-order valence-electron chi connectivity index (χ4n) is 2.38. The van der Waals surface area contributed by atoms with E-state index in [9.17, 15) is 18.3 Å². The molecule has 0 bridgehead atoms. The summed E-state index contributed by atoms with van der Waals surface area (Å²) in [6.45, 7) is 2.33. The third-order valence-electron chi connectivity index (χ3n) is 3.65. The van der Waals surface area contributed by atoms with Crippen LogP contribution in [0.1, 0.15) is 19.8 Å². The molecule has 1 saturated heterocycles. The molecule has 1 heterocycles. The van der Waals surface area contributed by atoms with E-state index >= 15 is 0 Å². The molecule has 1 aliphatic rings. The highest BCUT2D eigenvalue weighted by molar-refractivity contribution is 7.89. The van der Waals surface area contributed by atoms with Gasteiger partial charge in [-0.3, -0.25) is 4.79 Å². The molecule has 1 fully saturated rings. The smallest absolute Gasteiger partial charge is 0.228 e. The highest BCUT2D eigenvalue weighted by atomic mass is 32.2. The third kappa shape index (κ3) is 3.95. The average molecular weight is 312 g/mol. The summed E-state index contributed by atoms with van der Waals surface area (Å²) in [5.41, 5.74) is 0.591. The maximum Gasteiger partial charge on any atom is 0.228 e. The SMILES string of the molecule is CCS(=O)(=O)N1CCC[C@H](C(=O)Nc2ccc(O)cc2)C1. The van der Waals surface area contributed by atoms with Gasteiger partial charge >= 0.3 is 0 Å². The van der Waals surface area contributed by atoms with Crippen molar-refractivity contribution in [1.29, 1.82) is 0 Å². The Bertz CT molecular complexity index is 598. The fraction of sp³-hybridized carbons (Fsp3) is 0.500. The molecule has 1 amide bonds. The van der Waals surface area contributed by atoms with Crippen LogP contribution >= 0.6 is 0 Å². The molecule has 0 aliphatic carbocycles. The number of aromatic hydroxyl groups is 1. The largest absolute Gasteiger partial charge is 0.508 e. The van der Waals surface area contributed by atoms with Crippen LogP contribution in [-0.4, -0.2) is 42.6 Å². The molecule has 21 heavy (non-hydrogen) atoms. The predicted molar refractivity (Wildman–Crippen MR) is 80.5 cm³/mol. The lowest BCUT2D eigenvalue weighted by molar-refractivity contribution is -0.120. The predicted octanol–water partition coefficient (Wildman–Crippen LogP) is 1.39. The fourth-order valence-corrected chi connectivity index (χ4v) is 3.56. The second-order valence-electron chi connectivity index (χ2n) is 5.13. The molecule has 0 unspecified atom stereocenters. The van der Waals surface area contributed by atoms with Crippen molar-refractivity contribution in [2.75, 3.05) is 24.2 Å². The van der Waals surface area contributed by atoms with Crippen LogP contribution in [-0.2, 0) is 14.8 Å². The van der Waals surface area contributed by atoms with Crippen LogP contribution in [0, 0.1) is 5.92 Å². The molecule has 0 saturated carbocycles. The minimum Gasteiger partial charge on any atom is -0.508 e. The van der Waals surface area contributed by atoms with Crippen LogP contribution < -0.4 is 5.32 Å². The summed E-state index contributed by atoms with van der Waals surface area (Å²) in [6.07, 6.45) is 1.37. The van der Waals surface area contributed by atoms with Gasteiger partial charge in [-0.1, -0.05) is 0 Å². The maximum atomic E-state index is 12.2. The third-order valence-corrected chi connectivity index (χ3v) is 5.50. The zero-order chi connectivity index (χ0) is 15.5. The van der Waals surface area contributed by atoms with E-state index in [0.717, 1.165) is 0 Å². The normalized spacial score (nSPS) is 20.1. The van der Waals surface area contributed by atoms with Gasteiger partial charge in [0, 0.05) is 18.8 Å². The maximum absolute atomic E-state index is 12.2. The zero-order valence-electron chi connectivity index (χ0n) is 11.9. The van der Waals surface area contributed by atoms with Gasteiger partial charge in [-0.2, -0.15) is 0 Å². The number of rotatable bonds is 4. The quantitative estimate of drug-likeness (QED) is 0.823. The highest BCUT2D eigenvalue weighted by Gasteiger charge is 2.31. The van der Waals surface area contributed by atoms with Crippen LogP contribution in [0.4, 0.5) is 5.69 Å². The van der Waals surface area contributed by atoms with Gasteiger partial charge in [-0.15, -0.1) is 0 Å². The number of nitrogens with one attached hydrogen (secondary N) is 1. The van der Waals surface area contributed by atoms with Gasteiger partial charge in [0.1, 0.15) is 5.75 Å². The van der Waals surface area contributed by atoms with E-state index in [4.69, 9.17) is 0 Å². The van der Waals surface area contributed by atoms with Crippen LogP contribution in [0.25, 0.3) is 0 Å². The topological polar surface area (TPSA) is 86.7 Å². The molecule has 6 nitrogen and oxygen atoms in total. The van der Waals surface area contributed by atoms with Crippen molar-refractivity contribution < 1.29 is 18.3 Å². The summed E-state index contributed by atoms with van der Waals surface area (Å²) in [4.78, 5) is 12.2. The van der Waals surface area contributed by atoms with Crippen molar-refractivity contribution in [2.24, 2.45) is 5.92 Å². The number of phenolic OH excluding ortho intramolecular Hbond substituents is 1. The van der Waals surface area contributed by atoms with Gasteiger partial charge in [0.25, 0.3) is 0 Å². The Kier molecular flexibility index (Phi) is 4.84. The van der Waals surface area contributed by atoms with Crippen molar-refractivity contribution in [1.82, 2.24) is 4.31 Å². The van der Waals surface area contributed by atoms with Crippen molar-refractivity contribution >= 4 is 21.6 Å². The van der Waals surface area contributed by atoms with Gasteiger partial charge in [0.05, 0.1) is 11.7 Å². The minimum atomic E-state index is -3.25. The van der Waals surface area contributed by atoms with E-state index in [2.05, 4.69) is 5.32 Å². The Balaban J connectivity index is 2.01. The number of sulfonamides is 1. The number of carbonyl (C=O) groups excluding carboxylic acids is 1. The number of phenols is 1. The monoisotopic (exact) mass is 312 g/mol. The van der Waals surface area contributed by atoms with Gasteiger partial charge < -0.3 is 10.4 Å². The summed E-state index contributed by atoms with van der Waals surface area (Å²) in [7, 11) is -3.25. The Morgan fingerprint density at radius 2 is 2.05 bits per heavy atom. The molecule has 0 spiro atoms. The lowest BCUT2D eigenvalue weighted by atomic mass is 9.99. The van der Waals surface area contributed by atoms with E-state index in [1.54, 1.807) is 19.1 Å². The van der Waals surface area contributed by atoms with E-state index in [0.29, 0.717) is 25.1 Å². The second-order valence-corrected chi connectivity index (χ2v) is 7.39. The lowest BCUT2D eigenvalue weighted by Gasteiger charge is -2.30. The number of hydrogen-bond donors (Lipinski definition) is 2. The number of nitrogens with zero attached hydrogens (tertiary/aromatic N) is 1. The van der Waals surface area contributed by atoms with Crippen molar-refractivity contribution in [2.45, 2.75) is 19.8 Å². The number of hydrogen-bond acceptors (Lipinski definition) is 4. The Hall–Kier alpha value is -1.60. The van der Waals surface area contributed by atoms with Crippen LogP contribution in [0.5, 0.6) is 5.75 Å². The molecule has 116 valence electrons. The molecular formula is C14H20N2O4S. The second kappa shape index (κ2) is 6.44. The zero-order valence-corrected chi connectivity index (χ0v) is 12.8. The van der Waals surface area contributed by atoms with Crippen LogP contribution in [0.3, 0.4) is 0 Å². The summed E-state index contributed by atoms with van der Waals surface area (Å²) in [5.74, 6) is -0.337. The van der Waals surface area contributed by atoms with Crippen molar-refractivity contribution in [3.8, 4) is 5.75 Å². The van der Waals surface area contributed by atoms with E-state index < -0.39 is 10.0 Å². The molecular weight excluding hydrogens is 292 g/mol. The summed E-state index contributed by atoms with van der Waals surface area (Å²) < 4.78 is 25.2. The first kappa shape index (κ1) is 15.8. The Labute approximate surface area is 124 Å². The van der Waals surface area contributed by atoms with Gasteiger partial charge in [0.15, 0.2) is 0 Å². The number of carbonyl (C=O) groups is 1. The molecule has 7 heteroatoms. The van der Waals surface area contributed by atoms with Crippen molar-refractivity contribution in [3.63, 3.8) is 0 Å². The molecule has 2 rings (SSSR count). The standard InChI is InChI=1S/C14H20N2O4S/c1-2-21(19,20)16-9-3-4-11(10-16)14(18)15-12-5-7-13(17)8-6-12/h5-8,11,17H,2-4,9-10H2,1H3,(H,15,18)/t11-/m0/s1. The van der Waals surface area contributed by atoms with Crippen LogP contribution in [0.15, 0.2) is 24.3 Å². The first-order valence-electron chi connectivity index (χ1n) is 7.00. The van der Waals surface area contributed by atoms with E-state index in [1.807, 2.05) is 0 Å². The lowest BCUT2D eigenvalue weighted by Crippen LogP contribution is -2.44. The first-order chi connectivity index (χ1) is 9.92. The highest BCUT2D eigenvalue weighted by Crippen LogP contribution is 2.22. The Morgan fingerprint density at radius 3 is 2.67 bits per heavy atom. The van der Waals surface area contributed by atoms with Gasteiger partial charge in [-0.05, 0) is 44.0 Å². The van der Waals surface area contributed by atoms with Crippen molar-refractivity contribution in [3.05, 3.63) is 24.3 Å². The number of benzene rings is 1. The summed E-state index contributed by atoms with van der Waals surface area (Å²) in [5, 5.41) is 12.0. The molecule has 0 aromatic heterocycles. The molecule has 2 N–H and O–H groups in total. The number of amides is 1. The van der Waals surface area contributed by atoms with E-state index in [-0.39, 0.29) is 29.9 Å². The summed E-state index contributed by atoms with van der Waals surface area (Å²) in [6, 6.07) is 6.20. The minimum absolute atomic E-state index is 0.0549. The first-order valence-corrected chi connectivity index (χ1v) is 8.61. The summed E-state index contributed by atoms with van der Waals surface area (Å²) >= 11 is 0. The van der Waals surface area contributed by atoms with Gasteiger partial charge in [0.2, 0.25) is 15.9 Å². The average Bonchev–Trinajstić information content (AvgIpc) is 2.49. The molecule has 1 aliphatic heterocycles. The Morgan fingerprint density at radius 1 is 1.38 bits per heavy atom. The number of anilines is 1. The molecule has 0 radical (unpaired) electrons.